The smallest absolute Gasteiger partial charge is 0.261 e. The quantitative estimate of drug-likeness (QED) is 0.342. The van der Waals surface area contributed by atoms with Crippen molar-refractivity contribution in [3.05, 3.63) is 87.4 Å². The highest BCUT2D eigenvalue weighted by molar-refractivity contribution is 6.37. The van der Waals surface area contributed by atoms with E-state index in [1.54, 1.807) is 24.3 Å². The number of carbonyl (C=O) groups is 1. The summed E-state index contributed by atoms with van der Waals surface area (Å²) in [6, 6.07) is 18.7. The Kier molecular flexibility index (Phi) is 8.42. The molecule has 3 aromatic rings. The van der Waals surface area contributed by atoms with E-state index in [9.17, 15) is 9.90 Å². The molecule has 0 fully saturated rings. The van der Waals surface area contributed by atoms with Crippen LogP contribution in [0.3, 0.4) is 0 Å². The van der Waals surface area contributed by atoms with Crippen molar-refractivity contribution in [2.75, 3.05) is 0 Å². The Morgan fingerprint density at radius 2 is 1.83 bits per heavy atom. The van der Waals surface area contributed by atoms with Crippen LogP contribution in [0.25, 0.3) is 0 Å². The van der Waals surface area contributed by atoms with Gasteiger partial charge in [0.2, 0.25) is 0 Å². The predicted molar refractivity (Wildman–Crippen MR) is 139 cm³/mol. The van der Waals surface area contributed by atoms with Crippen molar-refractivity contribution in [2.45, 2.75) is 57.8 Å². The minimum Gasteiger partial charge on any atom is -0.504 e. The van der Waals surface area contributed by atoms with Crippen molar-refractivity contribution >= 4 is 29.1 Å². The summed E-state index contributed by atoms with van der Waals surface area (Å²) in [5, 5.41) is 14.7. The van der Waals surface area contributed by atoms with E-state index in [0.717, 1.165) is 23.1 Å². The Bertz CT molecular complexity index is 1150. The molecule has 1 amide bonds. The SMILES string of the molecule is CCCC(Oc1c(Cl)cccc1Cl)C(=O)NC1CCc2c(ccc(OCc3ccccc3)c2O)C1. The zero-order chi connectivity index (χ0) is 24.8. The van der Waals surface area contributed by atoms with Gasteiger partial charge in [0.15, 0.2) is 23.4 Å². The van der Waals surface area contributed by atoms with Crippen molar-refractivity contribution in [1.29, 1.82) is 0 Å². The van der Waals surface area contributed by atoms with Crippen LogP contribution in [-0.4, -0.2) is 23.2 Å². The monoisotopic (exact) mass is 513 g/mol. The zero-order valence-electron chi connectivity index (χ0n) is 19.6. The van der Waals surface area contributed by atoms with Crippen LogP contribution < -0.4 is 14.8 Å². The first-order valence-corrected chi connectivity index (χ1v) is 12.6. The summed E-state index contributed by atoms with van der Waals surface area (Å²) in [5.74, 6) is 0.793. The summed E-state index contributed by atoms with van der Waals surface area (Å²) >= 11 is 12.5. The van der Waals surface area contributed by atoms with Gasteiger partial charge in [-0.2, -0.15) is 0 Å². The van der Waals surface area contributed by atoms with E-state index in [1.165, 1.54) is 0 Å². The number of para-hydroxylation sites is 1. The van der Waals surface area contributed by atoms with Crippen LogP contribution in [0.4, 0.5) is 0 Å². The molecule has 3 aromatic carbocycles. The van der Waals surface area contributed by atoms with Gasteiger partial charge in [0.05, 0.1) is 10.0 Å². The minimum absolute atomic E-state index is 0.0600. The van der Waals surface area contributed by atoms with Crippen LogP contribution in [-0.2, 0) is 24.2 Å². The molecule has 0 saturated carbocycles. The molecule has 2 unspecified atom stereocenters. The number of rotatable bonds is 9. The number of hydrogen-bond acceptors (Lipinski definition) is 4. The number of aromatic hydroxyl groups is 1. The molecule has 1 aliphatic carbocycles. The summed E-state index contributed by atoms with van der Waals surface area (Å²) in [5.41, 5.74) is 2.92. The summed E-state index contributed by atoms with van der Waals surface area (Å²) in [6.07, 6.45) is 2.59. The van der Waals surface area contributed by atoms with E-state index < -0.39 is 6.10 Å². The second-order valence-electron chi connectivity index (χ2n) is 8.72. The maximum Gasteiger partial charge on any atom is 0.261 e. The fraction of sp³-hybridized carbons (Fsp3) is 0.321. The fourth-order valence-corrected chi connectivity index (χ4v) is 4.81. The molecule has 0 heterocycles. The number of phenols is 1. The van der Waals surface area contributed by atoms with Crippen molar-refractivity contribution in [3.8, 4) is 17.2 Å². The largest absolute Gasteiger partial charge is 0.504 e. The summed E-state index contributed by atoms with van der Waals surface area (Å²) in [7, 11) is 0. The molecule has 5 nitrogen and oxygen atoms in total. The number of fused-ring (bicyclic) bond motifs is 1. The van der Waals surface area contributed by atoms with Gasteiger partial charge in [0.1, 0.15) is 6.61 Å². The molecule has 2 N–H and O–H groups in total. The van der Waals surface area contributed by atoms with Crippen LogP contribution in [0.15, 0.2) is 60.7 Å². The highest BCUT2D eigenvalue weighted by Crippen LogP contribution is 2.37. The first-order valence-electron chi connectivity index (χ1n) is 11.9. The van der Waals surface area contributed by atoms with Crippen LogP contribution in [0.5, 0.6) is 17.2 Å². The Morgan fingerprint density at radius 3 is 2.54 bits per heavy atom. The molecule has 35 heavy (non-hydrogen) atoms. The second kappa shape index (κ2) is 11.7. The molecular weight excluding hydrogens is 485 g/mol. The number of halogens is 2. The molecular formula is C28H29Cl2NO4. The van der Waals surface area contributed by atoms with Gasteiger partial charge in [0, 0.05) is 11.6 Å². The van der Waals surface area contributed by atoms with Gasteiger partial charge in [-0.25, -0.2) is 0 Å². The molecule has 0 aliphatic heterocycles. The number of hydrogen-bond donors (Lipinski definition) is 2. The third-order valence-corrected chi connectivity index (χ3v) is 6.75. The molecule has 0 spiro atoms. The molecule has 184 valence electrons. The van der Waals surface area contributed by atoms with Crippen LogP contribution in [0, 0.1) is 0 Å². The molecule has 0 aromatic heterocycles. The van der Waals surface area contributed by atoms with Gasteiger partial charge < -0.3 is 19.9 Å². The van der Waals surface area contributed by atoms with Gasteiger partial charge in [-0.05, 0) is 55.0 Å². The van der Waals surface area contributed by atoms with Crippen molar-refractivity contribution < 1.29 is 19.4 Å². The molecule has 0 bridgehead atoms. The highest BCUT2D eigenvalue weighted by atomic mass is 35.5. The topological polar surface area (TPSA) is 67.8 Å². The van der Waals surface area contributed by atoms with Crippen molar-refractivity contribution in [1.82, 2.24) is 5.32 Å². The van der Waals surface area contributed by atoms with E-state index in [4.69, 9.17) is 32.7 Å². The molecule has 7 heteroatoms. The summed E-state index contributed by atoms with van der Waals surface area (Å²) < 4.78 is 11.8. The molecule has 4 rings (SSSR count). The van der Waals surface area contributed by atoms with E-state index in [1.807, 2.05) is 43.3 Å². The Balaban J connectivity index is 1.40. The Labute approximate surface area is 216 Å². The lowest BCUT2D eigenvalue weighted by molar-refractivity contribution is -0.129. The van der Waals surface area contributed by atoms with Crippen molar-refractivity contribution in [3.63, 3.8) is 0 Å². The first kappa shape index (κ1) is 25.2. The summed E-state index contributed by atoms with van der Waals surface area (Å²) in [4.78, 5) is 13.1. The van der Waals surface area contributed by atoms with Crippen molar-refractivity contribution in [2.24, 2.45) is 0 Å². The van der Waals surface area contributed by atoms with Gasteiger partial charge in [-0.3, -0.25) is 4.79 Å². The minimum atomic E-state index is -0.694. The van der Waals surface area contributed by atoms with E-state index in [0.29, 0.717) is 53.8 Å². The molecule has 2 atom stereocenters. The van der Waals surface area contributed by atoms with E-state index >= 15 is 0 Å². The van der Waals surface area contributed by atoms with E-state index in [-0.39, 0.29) is 17.7 Å². The average Bonchev–Trinajstić information content (AvgIpc) is 2.86. The average molecular weight is 514 g/mol. The zero-order valence-corrected chi connectivity index (χ0v) is 21.1. The van der Waals surface area contributed by atoms with E-state index in [2.05, 4.69) is 5.32 Å². The third-order valence-electron chi connectivity index (χ3n) is 6.16. The molecule has 0 radical (unpaired) electrons. The number of ether oxygens (including phenoxy) is 2. The number of phenolic OH excluding ortho intramolecular Hbond substituents is 1. The van der Waals surface area contributed by atoms with Crippen LogP contribution in [0.1, 0.15) is 42.9 Å². The van der Waals surface area contributed by atoms with Crippen LogP contribution >= 0.6 is 23.2 Å². The maximum atomic E-state index is 13.1. The van der Waals surface area contributed by atoms with Gasteiger partial charge >= 0.3 is 0 Å². The standard InChI is InChI=1S/C28H29Cl2NO4/c1-2-7-25(35-27-22(29)10-6-11-23(27)30)28(33)31-20-13-14-21-19(16-20)12-15-24(26(21)32)34-17-18-8-4-3-5-9-18/h3-6,8-12,15,20,25,32H,2,7,13-14,16-17H2,1H3,(H,31,33). The lowest BCUT2D eigenvalue weighted by Gasteiger charge is -2.28. The third kappa shape index (κ3) is 6.22. The van der Waals surface area contributed by atoms with Gasteiger partial charge in [-0.1, -0.05) is 79.0 Å². The van der Waals surface area contributed by atoms with Gasteiger partial charge in [0.25, 0.3) is 5.91 Å². The maximum absolute atomic E-state index is 13.1. The summed E-state index contributed by atoms with van der Waals surface area (Å²) in [6.45, 7) is 2.38. The first-order chi connectivity index (χ1) is 17.0. The predicted octanol–water partition coefficient (Wildman–Crippen LogP) is 6.50. The van der Waals surface area contributed by atoms with Gasteiger partial charge in [-0.15, -0.1) is 0 Å². The number of nitrogens with one attached hydrogen (secondary N) is 1. The Hall–Kier alpha value is -2.89. The lowest BCUT2D eigenvalue weighted by atomic mass is 9.87. The Morgan fingerprint density at radius 1 is 1.09 bits per heavy atom. The number of amides is 1. The normalized spacial score (nSPS) is 15.7. The number of benzene rings is 3. The second-order valence-corrected chi connectivity index (χ2v) is 9.53. The van der Waals surface area contributed by atoms with Crippen LogP contribution in [0.2, 0.25) is 10.0 Å². The molecule has 1 aliphatic rings. The fourth-order valence-electron chi connectivity index (χ4n) is 4.33. The highest BCUT2D eigenvalue weighted by Gasteiger charge is 2.28. The lowest BCUT2D eigenvalue weighted by Crippen LogP contribution is -2.46. The number of carbonyl (C=O) groups excluding carboxylic acids is 1. The molecule has 0 saturated heterocycles.